The molecule has 0 aromatic heterocycles. The quantitative estimate of drug-likeness (QED) is 0.810. The van der Waals surface area contributed by atoms with Crippen molar-refractivity contribution in [2.75, 3.05) is 19.8 Å². The predicted molar refractivity (Wildman–Crippen MR) is 79.3 cm³/mol. The molecule has 1 saturated heterocycles. The van der Waals surface area contributed by atoms with E-state index in [4.69, 9.17) is 4.74 Å². The van der Waals surface area contributed by atoms with E-state index in [2.05, 4.69) is 24.4 Å². The van der Waals surface area contributed by atoms with Crippen molar-refractivity contribution in [2.45, 2.75) is 39.4 Å². The molecule has 1 amide bonds. The van der Waals surface area contributed by atoms with Gasteiger partial charge in [0.1, 0.15) is 6.17 Å². The fraction of sp³-hybridized carbons (Fsp3) is 0.562. The Morgan fingerprint density at radius 2 is 2.05 bits per heavy atom. The predicted octanol–water partition coefficient (Wildman–Crippen LogP) is 2.24. The van der Waals surface area contributed by atoms with Gasteiger partial charge in [0.05, 0.1) is 12.6 Å². The molecule has 1 heterocycles. The highest BCUT2D eigenvalue weighted by molar-refractivity contribution is 5.84. The highest BCUT2D eigenvalue weighted by Gasteiger charge is 2.38. The summed E-state index contributed by atoms with van der Waals surface area (Å²) in [6.45, 7) is 8.00. The van der Waals surface area contributed by atoms with Crippen LogP contribution in [0.2, 0.25) is 0 Å². The number of benzene rings is 1. The number of nitrogens with zero attached hydrogens (tertiary/aromatic N) is 1. The topological polar surface area (TPSA) is 41.6 Å². The van der Waals surface area contributed by atoms with Gasteiger partial charge in [0.25, 0.3) is 0 Å². The Labute approximate surface area is 121 Å². The highest BCUT2D eigenvalue weighted by Crippen LogP contribution is 2.28. The summed E-state index contributed by atoms with van der Waals surface area (Å²) < 4.78 is 5.41. The Hall–Kier alpha value is -1.39. The van der Waals surface area contributed by atoms with Gasteiger partial charge in [0.2, 0.25) is 5.91 Å². The molecule has 0 aliphatic carbocycles. The molecule has 2 unspecified atom stereocenters. The van der Waals surface area contributed by atoms with Crippen LogP contribution in [0, 0.1) is 6.92 Å². The molecule has 2 atom stereocenters. The number of amides is 1. The van der Waals surface area contributed by atoms with Crippen molar-refractivity contribution in [3.8, 4) is 0 Å². The van der Waals surface area contributed by atoms with Crippen LogP contribution < -0.4 is 5.32 Å². The van der Waals surface area contributed by atoms with E-state index >= 15 is 0 Å². The minimum absolute atomic E-state index is 0.0332. The van der Waals surface area contributed by atoms with E-state index in [1.165, 1.54) is 11.1 Å². The monoisotopic (exact) mass is 276 g/mol. The SMILES string of the molecule is CCOCCN1C(=O)C(CC)NC1c1ccccc1C. The Bertz CT molecular complexity index is 462. The standard InChI is InChI=1S/C16H24N2O2/c1-4-14-16(19)18(10-11-20-5-2)15(17-14)13-9-7-6-8-12(13)3/h6-9,14-15,17H,4-5,10-11H2,1-3H3. The summed E-state index contributed by atoms with van der Waals surface area (Å²) in [4.78, 5) is 14.3. The number of aryl methyl sites for hydroxylation is 1. The van der Waals surface area contributed by atoms with Crippen LogP contribution in [-0.4, -0.2) is 36.6 Å². The van der Waals surface area contributed by atoms with Crippen LogP contribution in [0.1, 0.15) is 37.6 Å². The van der Waals surface area contributed by atoms with Gasteiger partial charge >= 0.3 is 0 Å². The van der Waals surface area contributed by atoms with E-state index < -0.39 is 0 Å². The maximum Gasteiger partial charge on any atom is 0.241 e. The van der Waals surface area contributed by atoms with Gasteiger partial charge in [-0.25, -0.2) is 0 Å². The number of nitrogens with one attached hydrogen (secondary N) is 1. The fourth-order valence-corrected chi connectivity index (χ4v) is 2.67. The third-order valence-electron chi connectivity index (χ3n) is 3.82. The lowest BCUT2D eigenvalue weighted by Crippen LogP contribution is -2.34. The number of hydrogen-bond acceptors (Lipinski definition) is 3. The smallest absolute Gasteiger partial charge is 0.241 e. The molecule has 1 aromatic rings. The zero-order chi connectivity index (χ0) is 14.5. The summed E-state index contributed by atoms with van der Waals surface area (Å²) >= 11 is 0. The van der Waals surface area contributed by atoms with Crippen molar-refractivity contribution < 1.29 is 9.53 Å². The second kappa shape index (κ2) is 6.86. The molecule has 4 nitrogen and oxygen atoms in total. The van der Waals surface area contributed by atoms with E-state index in [9.17, 15) is 4.79 Å². The maximum absolute atomic E-state index is 12.4. The average Bonchev–Trinajstić information content (AvgIpc) is 2.77. The summed E-state index contributed by atoms with van der Waals surface area (Å²) in [5.41, 5.74) is 2.38. The zero-order valence-corrected chi connectivity index (χ0v) is 12.6. The summed E-state index contributed by atoms with van der Waals surface area (Å²) in [7, 11) is 0. The van der Waals surface area contributed by atoms with Gasteiger partial charge in [-0.05, 0) is 31.4 Å². The van der Waals surface area contributed by atoms with Crippen LogP contribution in [0.15, 0.2) is 24.3 Å². The molecule has 0 spiro atoms. The van der Waals surface area contributed by atoms with Crippen LogP contribution in [0.4, 0.5) is 0 Å². The summed E-state index contributed by atoms with van der Waals surface area (Å²) in [6, 6.07) is 8.14. The first kappa shape index (κ1) is 15.0. The van der Waals surface area contributed by atoms with Gasteiger partial charge in [-0.15, -0.1) is 0 Å². The molecular weight excluding hydrogens is 252 g/mol. The molecular formula is C16H24N2O2. The molecule has 20 heavy (non-hydrogen) atoms. The third kappa shape index (κ3) is 3.02. The van der Waals surface area contributed by atoms with Gasteiger partial charge < -0.3 is 9.64 Å². The van der Waals surface area contributed by atoms with Crippen molar-refractivity contribution in [2.24, 2.45) is 0 Å². The van der Waals surface area contributed by atoms with Crippen LogP contribution in [0.5, 0.6) is 0 Å². The number of carbonyl (C=O) groups excluding carboxylic acids is 1. The molecule has 0 radical (unpaired) electrons. The van der Waals surface area contributed by atoms with E-state index in [-0.39, 0.29) is 18.1 Å². The Balaban J connectivity index is 2.20. The molecule has 0 saturated carbocycles. The Morgan fingerprint density at radius 3 is 2.70 bits per heavy atom. The van der Waals surface area contributed by atoms with E-state index in [0.717, 1.165) is 6.42 Å². The number of hydrogen-bond donors (Lipinski definition) is 1. The van der Waals surface area contributed by atoms with Crippen molar-refractivity contribution in [1.82, 2.24) is 10.2 Å². The molecule has 1 N–H and O–H groups in total. The molecule has 1 aliphatic rings. The largest absolute Gasteiger partial charge is 0.380 e. The van der Waals surface area contributed by atoms with Crippen molar-refractivity contribution >= 4 is 5.91 Å². The summed E-state index contributed by atoms with van der Waals surface area (Å²) in [6.07, 6.45) is 0.779. The Morgan fingerprint density at radius 1 is 1.30 bits per heavy atom. The van der Waals surface area contributed by atoms with Gasteiger partial charge in [0.15, 0.2) is 0 Å². The molecule has 110 valence electrons. The molecule has 1 aromatic carbocycles. The van der Waals surface area contributed by atoms with E-state index in [1.54, 1.807) is 0 Å². The number of rotatable bonds is 6. The van der Waals surface area contributed by atoms with E-state index in [0.29, 0.717) is 19.8 Å². The van der Waals surface area contributed by atoms with Gasteiger partial charge in [-0.3, -0.25) is 10.1 Å². The van der Waals surface area contributed by atoms with Crippen LogP contribution in [0.25, 0.3) is 0 Å². The van der Waals surface area contributed by atoms with Gasteiger partial charge in [-0.2, -0.15) is 0 Å². The minimum atomic E-state index is -0.0822. The second-order valence-corrected chi connectivity index (χ2v) is 5.12. The van der Waals surface area contributed by atoms with Crippen molar-refractivity contribution in [1.29, 1.82) is 0 Å². The second-order valence-electron chi connectivity index (χ2n) is 5.12. The van der Waals surface area contributed by atoms with E-state index in [1.807, 2.05) is 30.9 Å². The summed E-state index contributed by atoms with van der Waals surface area (Å²) in [5, 5.41) is 3.45. The first-order valence-corrected chi connectivity index (χ1v) is 7.38. The molecule has 0 bridgehead atoms. The summed E-state index contributed by atoms with van der Waals surface area (Å²) in [5.74, 6) is 0.181. The first-order chi connectivity index (χ1) is 9.69. The lowest BCUT2D eigenvalue weighted by atomic mass is 10.1. The third-order valence-corrected chi connectivity index (χ3v) is 3.82. The zero-order valence-electron chi connectivity index (χ0n) is 12.6. The lowest BCUT2D eigenvalue weighted by molar-refractivity contribution is -0.130. The van der Waals surface area contributed by atoms with Crippen LogP contribution in [-0.2, 0) is 9.53 Å². The maximum atomic E-state index is 12.4. The number of carbonyl (C=O) groups is 1. The van der Waals surface area contributed by atoms with Crippen LogP contribution in [0.3, 0.4) is 0 Å². The van der Waals surface area contributed by atoms with Crippen LogP contribution >= 0.6 is 0 Å². The van der Waals surface area contributed by atoms with Crippen molar-refractivity contribution in [3.63, 3.8) is 0 Å². The average molecular weight is 276 g/mol. The van der Waals surface area contributed by atoms with Gasteiger partial charge in [-0.1, -0.05) is 31.2 Å². The molecule has 1 aliphatic heterocycles. The number of ether oxygens (including phenoxy) is 1. The normalized spacial score (nSPS) is 22.6. The Kier molecular flexibility index (Phi) is 5.15. The fourth-order valence-electron chi connectivity index (χ4n) is 2.67. The molecule has 1 fully saturated rings. The van der Waals surface area contributed by atoms with Gasteiger partial charge in [0, 0.05) is 13.2 Å². The molecule has 4 heteroatoms. The highest BCUT2D eigenvalue weighted by atomic mass is 16.5. The first-order valence-electron chi connectivity index (χ1n) is 7.38. The van der Waals surface area contributed by atoms with Crippen molar-refractivity contribution in [3.05, 3.63) is 35.4 Å². The lowest BCUT2D eigenvalue weighted by Gasteiger charge is -2.25. The minimum Gasteiger partial charge on any atom is -0.380 e. The molecule has 2 rings (SSSR count).